The van der Waals surface area contributed by atoms with Crippen LogP contribution in [0.4, 0.5) is 0 Å². The Morgan fingerprint density at radius 3 is 2.39 bits per heavy atom. The first-order chi connectivity index (χ1) is 14.9. The van der Waals surface area contributed by atoms with Crippen molar-refractivity contribution >= 4 is 6.08 Å². The molecule has 0 fully saturated rings. The van der Waals surface area contributed by atoms with Crippen LogP contribution in [0.1, 0.15) is 47.4 Å². The summed E-state index contributed by atoms with van der Waals surface area (Å²) in [5, 5.41) is 0. The molecule has 3 aromatic rings. The number of benzene rings is 2. The number of aromatic nitrogens is 2. The Kier molecular flexibility index (Phi) is 7.42. The van der Waals surface area contributed by atoms with Crippen LogP contribution in [0.3, 0.4) is 0 Å². The summed E-state index contributed by atoms with van der Waals surface area (Å²) in [5.41, 5.74) is 6.13. The molecule has 1 heterocycles. The van der Waals surface area contributed by atoms with Crippen molar-refractivity contribution in [3.8, 4) is 0 Å². The van der Waals surface area contributed by atoms with Crippen molar-refractivity contribution in [2.24, 2.45) is 0 Å². The molecule has 1 N–H and O–H groups in total. The van der Waals surface area contributed by atoms with E-state index in [2.05, 4.69) is 29.3 Å². The van der Waals surface area contributed by atoms with Gasteiger partial charge in [-0.3, -0.25) is 14.3 Å². The average Bonchev–Trinajstić information content (AvgIpc) is 2.70. The summed E-state index contributed by atoms with van der Waals surface area (Å²) < 4.78 is 7.42. The molecule has 1 aromatic heterocycles. The van der Waals surface area contributed by atoms with E-state index < -0.39 is 5.69 Å². The fourth-order valence-electron chi connectivity index (χ4n) is 3.90. The van der Waals surface area contributed by atoms with E-state index in [0.717, 1.165) is 27.8 Å². The second-order valence-electron chi connectivity index (χ2n) is 8.02. The number of aromatic amines is 1. The Balaban J connectivity index is 1.86. The topological polar surface area (TPSA) is 64.1 Å². The second-order valence-corrected chi connectivity index (χ2v) is 8.02. The lowest BCUT2D eigenvalue weighted by Gasteiger charge is -2.17. The maximum absolute atomic E-state index is 12.6. The molecule has 162 valence electrons. The van der Waals surface area contributed by atoms with E-state index in [0.29, 0.717) is 30.7 Å². The minimum absolute atomic E-state index is 0.0860. The van der Waals surface area contributed by atoms with Gasteiger partial charge in [-0.1, -0.05) is 72.7 Å². The van der Waals surface area contributed by atoms with E-state index >= 15 is 0 Å². The van der Waals surface area contributed by atoms with Gasteiger partial charge in [-0.15, -0.1) is 0 Å². The quantitative estimate of drug-likeness (QED) is 0.590. The van der Waals surface area contributed by atoms with Crippen LogP contribution < -0.4 is 11.2 Å². The Hall–Kier alpha value is -3.18. The lowest BCUT2D eigenvalue weighted by molar-refractivity contribution is 0.0897. The molecule has 0 saturated heterocycles. The Morgan fingerprint density at radius 2 is 1.74 bits per heavy atom. The molecule has 0 amide bonds. The largest absolute Gasteiger partial charge is 0.356 e. The smallest absolute Gasteiger partial charge is 0.330 e. The van der Waals surface area contributed by atoms with E-state index in [1.54, 1.807) is 4.57 Å². The molecule has 0 bridgehead atoms. The van der Waals surface area contributed by atoms with Crippen LogP contribution in [0.2, 0.25) is 0 Å². The van der Waals surface area contributed by atoms with Gasteiger partial charge in [0.2, 0.25) is 0 Å². The van der Waals surface area contributed by atoms with Crippen molar-refractivity contribution < 1.29 is 4.74 Å². The Labute approximate surface area is 183 Å². The van der Waals surface area contributed by atoms with Gasteiger partial charge in [-0.05, 0) is 43.9 Å². The van der Waals surface area contributed by atoms with Gasteiger partial charge < -0.3 is 4.74 Å². The fraction of sp³-hybridized carbons (Fsp3) is 0.308. The van der Waals surface area contributed by atoms with Gasteiger partial charge in [-0.2, -0.15) is 0 Å². The van der Waals surface area contributed by atoms with Crippen LogP contribution in [0.15, 0.2) is 63.7 Å². The summed E-state index contributed by atoms with van der Waals surface area (Å²) in [5.74, 6) is 0. The van der Waals surface area contributed by atoms with E-state index in [1.165, 1.54) is 0 Å². The maximum atomic E-state index is 12.6. The van der Waals surface area contributed by atoms with Crippen molar-refractivity contribution in [1.82, 2.24) is 9.55 Å². The summed E-state index contributed by atoms with van der Waals surface area (Å²) in [6, 6.07) is 16.3. The zero-order valence-electron chi connectivity index (χ0n) is 18.7. The van der Waals surface area contributed by atoms with Crippen LogP contribution in [0.25, 0.3) is 6.08 Å². The number of H-pyrrole nitrogens is 1. The molecule has 0 saturated carbocycles. The zero-order chi connectivity index (χ0) is 22.4. The van der Waals surface area contributed by atoms with Crippen molar-refractivity contribution in [3.63, 3.8) is 0 Å². The van der Waals surface area contributed by atoms with Gasteiger partial charge in [-0.25, -0.2) is 4.79 Å². The number of hydrogen-bond donors (Lipinski definition) is 1. The van der Waals surface area contributed by atoms with E-state index in [1.807, 2.05) is 58.0 Å². The standard InChI is InChI=1S/C26H30N2O3/c1-5-23-24(15-22-12-18(2)11-19(3)13-22)28(26(30)27-25(23)29)17-31-16-20(4)14-21-9-7-6-8-10-21/h6-14H,5,15-17H2,1-4H3,(H,27,29,30)/b20-14+. The highest BCUT2D eigenvalue weighted by atomic mass is 16.5. The normalized spacial score (nSPS) is 11.7. The number of rotatable bonds is 8. The number of hydrogen-bond acceptors (Lipinski definition) is 3. The molecular weight excluding hydrogens is 388 g/mol. The Morgan fingerprint density at radius 1 is 1.06 bits per heavy atom. The highest BCUT2D eigenvalue weighted by Gasteiger charge is 2.15. The molecule has 0 radical (unpaired) electrons. The van der Waals surface area contributed by atoms with Crippen molar-refractivity contribution in [2.75, 3.05) is 6.61 Å². The molecule has 0 aliphatic heterocycles. The third-order valence-corrected chi connectivity index (χ3v) is 5.18. The molecule has 3 rings (SSSR count). The highest BCUT2D eigenvalue weighted by molar-refractivity contribution is 5.52. The van der Waals surface area contributed by atoms with Gasteiger partial charge in [0, 0.05) is 17.7 Å². The van der Waals surface area contributed by atoms with Crippen molar-refractivity contribution in [2.45, 2.75) is 47.3 Å². The molecule has 5 heteroatoms. The molecular formula is C26H30N2O3. The van der Waals surface area contributed by atoms with Crippen LogP contribution in [-0.4, -0.2) is 16.2 Å². The van der Waals surface area contributed by atoms with Crippen LogP contribution >= 0.6 is 0 Å². The maximum Gasteiger partial charge on any atom is 0.330 e. The third-order valence-electron chi connectivity index (χ3n) is 5.18. The molecule has 0 aliphatic carbocycles. The third kappa shape index (κ3) is 5.92. The average molecular weight is 419 g/mol. The van der Waals surface area contributed by atoms with Gasteiger partial charge >= 0.3 is 5.69 Å². The lowest BCUT2D eigenvalue weighted by Crippen LogP contribution is -2.36. The highest BCUT2D eigenvalue weighted by Crippen LogP contribution is 2.15. The monoisotopic (exact) mass is 418 g/mol. The minimum atomic E-state index is -0.439. The SMILES string of the molecule is CCc1c(Cc2cc(C)cc(C)c2)n(COC/C(C)=C/c2ccccc2)c(=O)[nH]c1=O. The number of nitrogens with zero attached hydrogens (tertiary/aromatic N) is 1. The molecule has 0 spiro atoms. The zero-order valence-corrected chi connectivity index (χ0v) is 18.7. The van der Waals surface area contributed by atoms with Gasteiger partial charge in [0.25, 0.3) is 5.56 Å². The summed E-state index contributed by atoms with van der Waals surface area (Å²) in [6.45, 7) is 8.50. The van der Waals surface area contributed by atoms with E-state index in [-0.39, 0.29) is 12.3 Å². The summed E-state index contributed by atoms with van der Waals surface area (Å²) in [7, 11) is 0. The number of nitrogens with one attached hydrogen (secondary N) is 1. The molecule has 31 heavy (non-hydrogen) atoms. The predicted octanol–water partition coefficient (Wildman–Crippen LogP) is 4.38. The predicted molar refractivity (Wildman–Crippen MR) is 125 cm³/mol. The first-order valence-electron chi connectivity index (χ1n) is 10.6. The van der Waals surface area contributed by atoms with E-state index in [4.69, 9.17) is 4.74 Å². The van der Waals surface area contributed by atoms with E-state index in [9.17, 15) is 9.59 Å². The van der Waals surface area contributed by atoms with Gasteiger partial charge in [0.05, 0.1) is 6.61 Å². The minimum Gasteiger partial charge on any atom is -0.356 e. The number of aryl methyl sites for hydroxylation is 2. The van der Waals surface area contributed by atoms with Gasteiger partial charge in [0.15, 0.2) is 0 Å². The molecule has 0 atom stereocenters. The lowest BCUT2D eigenvalue weighted by atomic mass is 10.0. The number of ether oxygens (including phenoxy) is 1. The second kappa shape index (κ2) is 10.2. The first kappa shape index (κ1) is 22.5. The summed E-state index contributed by atoms with van der Waals surface area (Å²) >= 11 is 0. The van der Waals surface area contributed by atoms with Gasteiger partial charge in [0.1, 0.15) is 6.73 Å². The molecule has 2 aromatic carbocycles. The molecule has 0 aliphatic rings. The molecule has 5 nitrogen and oxygen atoms in total. The van der Waals surface area contributed by atoms with Crippen LogP contribution in [0, 0.1) is 13.8 Å². The van der Waals surface area contributed by atoms with Crippen molar-refractivity contribution in [1.29, 1.82) is 0 Å². The fourth-order valence-corrected chi connectivity index (χ4v) is 3.90. The summed E-state index contributed by atoms with van der Waals surface area (Å²) in [6.07, 6.45) is 3.11. The van der Waals surface area contributed by atoms with Crippen molar-refractivity contribution in [3.05, 3.63) is 108 Å². The van der Waals surface area contributed by atoms with Crippen LogP contribution in [0.5, 0.6) is 0 Å². The molecule has 0 unspecified atom stereocenters. The van der Waals surface area contributed by atoms with Crippen LogP contribution in [-0.2, 0) is 24.3 Å². The summed E-state index contributed by atoms with van der Waals surface area (Å²) in [4.78, 5) is 27.5. The first-order valence-corrected chi connectivity index (χ1v) is 10.6. The Bertz CT molecular complexity index is 1170.